The fourth-order valence-electron chi connectivity index (χ4n) is 1.98. The summed E-state index contributed by atoms with van der Waals surface area (Å²) in [6.07, 6.45) is 0. The second-order valence-corrected chi connectivity index (χ2v) is 6.03. The third kappa shape index (κ3) is 2.93. The third-order valence-electron chi connectivity index (χ3n) is 3.11. The maximum atomic E-state index is 13.3. The van der Waals surface area contributed by atoms with E-state index in [4.69, 9.17) is 17.4 Å². The first kappa shape index (κ1) is 14.9. The minimum Gasteiger partial charge on any atom is -0.334 e. The molecule has 112 valence electrons. The number of benzene rings is 2. The normalized spacial score (nSPS) is 11.0. The number of nitrogens with zero attached hydrogens (tertiary/aromatic N) is 2. The Morgan fingerprint density at radius 2 is 1.95 bits per heavy atom. The molecule has 0 bridgehead atoms. The van der Waals surface area contributed by atoms with Gasteiger partial charge in [0.2, 0.25) is 0 Å². The number of hydrogen-bond acceptors (Lipinski definition) is 4. The minimum absolute atomic E-state index is 0.291. The molecular weight excluding hydrogens is 325 g/mol. The fourth-order valence-corrected chi connectivity index (χ4v) is 2.98. The summed E-state index contributed by atoms with van der Waals surface area (Å²) < 4.78 is 14.3. The van der Waals surface area contributed by atoms with Gasteiger partial charge in [0.25, 0.3) is 5.56 Å². The molecule has 0 spiro atoms. The van der Waals surface area contributed by atoms with Gasteiger partial charge in [-0.15, -0.1) is 0 Å². The molecule has 0 saturated heterocycles. The summed E-state index contributed by atoms with van der Waals surface area (Å²) in [6.45, 7) is 0. The van der Waals surface area contributed by atoms with Crippen LogP contribution in [0.3, 0.4) is 0 Å². The van der Waals surface area contributed by atoms with Gasteiger partial charge in [0.1, 0.15) is 5.82 Å². The molecule has 0 saturated carbocycles. The van der Waals surface area contributed by atoms with E-state index in [1.165, 1.54) is 30.0 Å². The first-order chi connectivity index (χ1) is 10.5. The molecule has 0 fully saturated rings. The molecule has 0 aliphatic heterocycles. The van der Waals surface area contributed by atoms with Gasteiger partial charge < -0.3 is 5.84 Å². The Morgan fingerprint density at radius 3 is 2.68 bits per heavy atom. The molecule has 1 heterocycles. The van der Waals surface area contributed by atoms with Crippen molar-refractivity contribution in [2.75, 3.05) is 5.84 Å². The highest BCUT2D eigenvalue weighted by molar-refractivity contribution is 7.98. The van der Waals surface area contributed by atoms with Gasteiger partial charge in [-0.3, -0.25) is 4.79 Å². The lowest BCUT2D eigenvalue weighted by Crippen LogP contribution is -2.29. The van der Waals surface area contributed by atoms with Gasteiger partial charge >= 0.3 is 0 Å². The fraction of sp³-hybridized carbons (Fsp3) is 0.0667. The Morgan fingerprint density at radius 1 is 1.23 bits per heavy atom. The average molecular weight is 336 g/mol. The molecule has 0 unspecified atom stereocenters. The van der Waals surface area contributed by atoms with Gasteiger partial charge in [0.15, 0.2) is 5.16 Å². The lowest BCUT2D eigenvalue weighted by atomic mass is 10.2. The third-order valence-corrected chi connectivity index (χ3v) is 4.39. The van der Waals surface area contributed by atoms with Crippen molar-refractivity contribution in [1.29, 1.82) is 0 Å². The van der Waals surface area contributed by atoms with Crippen molar-refractivity contribution in [2.24, 2.45) is 0 Å². The smallest absolute Gasteiger partial charge is 0.280 e. The lowest BCUT2D eigenvalue weighted by molar-refractivity contribution is 0.628. The van der Waals surface area contributed by atoms with Crippen LogP contribution in [0.25, 0.3) is 10.9 Å². The van der Waals surface area contributed by atoms with E-state index in [0.717, 1.165) is 10.2 Å². The van der Waals surface area contributed by atoms with E-state index in [2.05, 4.69) is 4.98 Å². The topological polar surface area (TPSA) is 60.9 Å². The van der Waals surface area contributed by atoms with Crippen LogP contribution in [-0.4, -0.2) is 9.66 Å². The summed E-state index contributed by atoms with van der Waals surface area (Å²) in [6, 6.07) is 11.2. The largest absolute Gasteiger partial charge is 0.334 e. The van der Waals surface area contributed by atoms with Crippen molar-refractivity contribution in [2.45, 2.75) is 10.9 Å². The molecule has 7 heteroatoms. The Labute approximate surface area is 134 Å². The number of nitrogen functional groups attached to an aromatic ring is 1. The molecule has 0 radical (unpaired) electrons. The van der Waals surface area contributed by atoms with Gasteiger partial charge in [0, 0.05) is 16.8 Å². The molecule has 2 N–H and O–H groups in total. The first-order valence-electron chi connectivity index (χ1n) is 6.39. The van der Waals surface area contributed by atoms with Gasteiger partial charge in [-0.1, -0.05) is 35.5 Å². The van der Waals surface area contributed by atoms with Crippen molar-refractivity contribution in [3.63, 3.8) is 0 Å². The number of hydrogen-bond donors (Lipinski definition) is 1. The van der Waals surface area contributed by atoms with Crippen LogP contribution in [0.1, 0.15) is 5.56 Å². The van der Waals surface area contributed by atoms with Crippen molar-refractivity contribution >= 4 is 34.3 Å². The summed E-state index contributed by atoms with van der Waals surface area (Å²) in [7, 11) is 0. The van der Waals surface area contributed by atoms with Crippen LogP contribution in [0.15, 0.2) is 52.4 Å². The lowest BCUT2D eigenvalue weighted by Gasteiger charge is -2.08. The number of fused-ring (bicyclic) bond motifs is 1. The van der Waals surface area contributed by atoms with E-state index >= 15 is 0 Å². The maximum Gasteiger partial charge on any atom is 0.280 e. The highest BCUT2D eigenvalue weighted by Gasteiger charge is 2.10. The van der Waals surface area contributed by atoms with Crippen molar-refractivity contribution < 1.29 is 4.39 Å². The van der Waals surface area contributed by atoms with Crippen LogP contribution in [-0.2, 0) is 5.75 Å². The molecule has 1 aromatic heterocycles. The standard InChI is InChI=1S/C15H11ClFN3OS/c16-10-3-1-9(2-4-10)8-22-15-19-13-7-11(17)5-6-12(13)14(21)20(15)18/h1-7H,8,18H2. The van der Waals surface area contributed by atoms with E-state index in [0.29, 0.717) is 26.8 Å². The summed E-state index contributed by atoms with van der Waals surface area (Å²) in [5.41, 5.74) is 0.914. The quantitative estimate of drug-likeness (QED) is 0.453. The van der Waals surface area contributed by atoms with Gasteiger partial charge in [-0.25, -0.2) is 14.1 Å². The highest BCUT2D eigenvalue weighted by atomic mass is 35.5. The molecular formula is C15H11ClFN3OS. The van der Waals surface area contributed by atoms with E-state index in [-0.39, 0.29) is 0 Å². The van der Waals surface area contributed by atoms with Crippen LogP contribution in [0.2, 0.25) is 5.02 Å². The van der Waals surface area contributed by atoms with E-state index in [1.807, 2.05) is 12.1 Å². The molecule has 3 aromatic rings. The van der Waals surface area contributed by atoms with E-state index < -0.39 is 11.4 Å². The summed E-state index contributed by atoms with van der Waals surface area (Å²) in [5.74, 6) is 5.91. The van der Waals surface area contributed by atoms with Gasteiger partial charge in [-0.05, 0) is 29.8 Å². The molecule has 22 heavy (non-hydrogen) atoms. The second-order valence-electron chi connectivity index (χ2n) is 4.65. The summed E-state index contributed by atoms with van der Waals surface area (Å²) in [4.78, 5) is 16.4. The minimum atomic E-state index is -0.442. The molecule has 2 aromatic carbocycles. The van der Waals surface area contributed by atoms with Crippen LogP contribution in [0.4, 0.5) is 4.39 Å². The zero-order chi connectivity index (χ0) is 15.7. The number of thioether (sulfide) groups is 1. The van der Waals surface area contributed by atoms with Crippen LogP contribution >= 0.6 is 23.4 Å². The number of rotatable bonds is 3. The molecule has 0 aliphatic rings. The summed E-state index contributed by atoms with van der Waals surface area (Å²) >= 11 is 7.14. The number of halogens is 2. The SMILES string of the molecule is Nn1c(SCc2ccc(Cl)cc2)nc2cc(F)ccc2c1=O. The van der Waals surface area contributed by atoms with Crippen molar-refractivity contribution in [3.05, 3.63) is 69.2 Å². The molecule has 0 aliphatic carbocycles. The first-order valence-corrected chi connectivity index (χ1v) is 7.75. The predicted molar refractivity (Wildman–Crippen MR) is 87.1 cm³/mol. The molecule has 0 amide bonds. The van der Waals surface area contributed by atoms with Crippen LogP contribution in [0.5, 0.6) is 0 Å². The second kappa shape index (κ2) is 5.98. The maximum absolute atomic E-state index is 13.3. The van der Waals surface area contributed by atoms with E-state index in [9.17, 15) is 9.18 Å². The summed E-state index contributed by atoms with van der Waals surface area (Å²) in [5, 5.41) is 1.28. The van der Waals surface area contributed by atoms with Crippen LogP contribution in [0, 0.1) is 5.82 Å². The van der Waals surface area contributed by atoms with E-state index in [1.54, 1.807) is 12.1 Å². The number of aromatic nitrogens is 2. The zero-order valence-electron chi connectivity index (χ0n) is 11.3. The van der Waals surface area contributed by atoms with Gasteiger partial charge in [-0.2, -0.15) is 0 Å². The average Bonchev–Trinajstić information content (AvgIpc) is 2.51. The van der Waals surface area contributed by atoms with Crippen LogP contribution < -0.4 is 11.4 Å². The van der Waals surface area contributed by atoms with Gasteiger partial charge in [0.05, 0.1) is 10.9 Å². The monoisotopic (exact) mass is 335 g/mol. The Kier molecular flexibility index (Phi) is 4.04. The molecule has 0 atom stereocenters. The van der Waals surface area contributed by atoms with Crippen molar-refractivity contribution in [1.82, 2.24) is 9.66 Å². The molecule has 3 rings (SSSR count). The highest BCUT2D eigenvalue weighted by Crippen LogP contribution is 2.22. The molecule has 4 nitrogen and oxygen atoms in total. The Balaban J connectivity index is 1.94. The Bertz CT molecular complexity index is 896. The number of nitrogens with two attached hydrogens (primary N) is 1. The Hall–Kier alpha value is -2.05. The predicted octanol–water partition coefficient (Wildman–Crippen LogP) is 3.20. The zero-order valence-corrected chi connectivity index (χ0v) is 12.9. The van der Waals surface area contributed by atoms with Crippen molar-refractivity contribution in [3.8, 4) is 0 Å².